The maximum atomic E-state index is 12.6. The zero-order valence-corrected chi connectivity index (χ0v) is 18.5. The predicted molar refractivity (Wildman–Crippen MR) is 115 cm³/mol. The van der Waals surface area contributed by atoms with Crippen LogP contribution in [0.3, 0.4) is 0 Å². The van der Waals surface area contributed by atoms with Crippen LogP contribution in [0.4, 0.5) is 0 Å². The summed E-state index contributed by atoms with van der Waals surface area (Å²) in [4.78, 5) is 19.0. The minimum absolute atomic E-state index is 0.0400. The average Bonchev–Trinajstić information content (AvgIpc) is 3.45. The Morgan fingerprint density at radius 2 is 1.75 bits per heavy atom. The molecule has 2 aromatic carbocycles. The first-order chi connectivity index (χ1) is 15.6. The van der Waals surface area contributed by atoms with Gasteiger partial charge in [0.15, 0.2) is 17.3 Å². The van der Waals surface area contributed by atoms with Crippen LogP contribution in [0.25, 0.3) is 11.5 Å². The molecule has 0 N–H and O–H groups in total. The minimum atomic E-state index is -0.149. The van der Waals surface area contributed by atoms with Gasteiger partial charge in [-0.3, -0.25) is 4.79 Å². The van der Waals surface area contributed by atoms with E-state index in [1.165, 1.54) is 0 Å². The quantitative estimate of drug-likeness (QED) is 0.528. The molecule has 1 amide bonds. The van der Waals surface area contributed by atoms with E-state index in [9.17, 15) is 4.79 Å². The Labute approximate surface area is 185 Å². The lowest BCUT2D eigenvalue weighted by Gasteiger charge is -2.17. The summed E-state index contributed by atoms with van der Waals surface area (Å²) in [6, 6.07) is 11.0. The van der Waals surface area contributed by atoms with Crippen LogP contribution in [-0.4, -0.2) is 55.9 Å². The molecule has 4 rings (SSSR count). The Hall–Kier alpha value is -3.75. The molecule has 1 atom stereocenters. The van der Waals surface area contributed by atoms with Crippen LogP contribution in [0.2, 0.25) is 0 Å². The van der Waals surface area contributed by atoms with E-state index in [2.05, 4.69) is 10.1 Å². The van der Waals surface area contributed by atoms with E-state index in [0.29, 0.717) is 59.8 Å². The van der Waals surface area contributed by atoms with Crippen molar-refractivity contribution in [3.8, 4) is 34.5 Å². The molecule has 1 aliphatic heterocycles. The smallest absolute Gasteiger partial charge is 0.261 e. The molecule has 9 heteroatoms. The van der Waals surface area contributed by atoms with Crippen LogP contribution < -0.4 is 18.9 Å². The number of nitrogens with zero attached hydrogens (tertiary/aromatic N) is 3. The van der Waals surface area contributed by atoms with Crippen molar-refractivity contribution in [2.24, 2.45) is 0 Å². The molecule has 1 aliphatic rings. The van der Waals surface area contributed by atoms with Crippen molar-refractivity contribution in [2.45, 2.75) is 18.9 Å². The lowest BCUT2D eigenvalue weighted by Crippen LogP contribution is -2.24. The zero-order valence-electron chi connectivity index (χ0n) is 18.5. The molecule has 9 nitrogen and oxygen atoms in total. The van der Waals surface area contributed by atoms with Gasteiger partial charge in [-0.15, -0.1) is 0 Å². The standard InChI is InChI=1S/C23H25N3O6/c1-28-16-6-7-17(19(11-16)30-3)23-24-22(25-32-23)15-10-21(27)26(13-15)12-14-5-8-18(29-2)20(9-14)31-4/h5-9,11,15H,10,12-13H2,1-4H3. The van der Waals surface area contributed by atoms with Gasteiger partial charge in [-0.05, 0) is 29.8 Å². The molecule has 32 heavy (non-hydrogen) atoms. The summed E-state index contributed by atoms with van der Waals surface area (Å²) >= 11 is 0. The number of rotatable bonds is 8. The summed E-state index contributed by atoms with van der Waals surface area (Å²) in [5.74, 6) is 3.24. The van der Waals surface area contributed by atoms with Crippen molar-refractivity contribution in [1.29, 1.82) is 0 Å². The van der Waals surface area contributed by atoms with Crippen molar-refractivity contribution in [2.75, 3.05) is 35.0 Å². The number of amides is 1. The third-order valence-electron chi connectivity index (χ3n) is 5.48. The Bertz CT molecular complexity index is 1110. The monoisotopic (exact) mass is 439 g/mol. The van der Waals surface area contributed by atoms with Gasteiger partial charge in [-0.25, -0.2) is 0 Å². The minimum Gasteiger partial charge on any atom is -0.497 e. The Kier molecular flexibility index (Phi) is 6.16. The zero-order chi connectivity index (χ0) is 22.7. The fraction of sp³-hybridized carbons (Fsp3) is 0.348. The van der Waals surface area contributed by atoms with Crippen LogP contribution in [-0.2, 0) is 11.3 Å². The molecule has 0 spiro atoms. The summed E-state index contributed by atoms with van der Waals surface area (Å²) in [7, 11) is 6.33. The lowest BCUT2D eigenvalue weighted by atomic mass is 10.1. The molecular weight excluding hydrogens is 414 g/mol. The summed E-state index contributed by atoms with van der Waals surface area (Å²) in [6.45, 7) is 0.971. The number of hydrogen-bond acceptors (Lipinski definition) is 8. The van der Waals surface area contributed by atoms with Crippen molar-refractivity contribution in [3.05, 3.63) is 47.8 Å². The van der Waals surface area contributed by atoms with Crippen LogP contribution in [0.5, 0.6) is 23.0 Å². The lowest BCUT2D eigenvalue weighted by molar-refractivity contribution is -0.128. The van der Waals surface area contributed by atoms with Gasteiger partial charge in [-0.1, -0.05) is 11.2 Å². The molecule has 1 saturated heterocycles. The second-order valence-corrected chi connectivity index (χ2v) is 7.39. The number of hydrogen-bond donors (Lipinski definition) is 0. The van der Waals surface area contributed by atoms with Gasteiger partial charge in [0.25, 0.3) is 5.89 Å². The van der Waals surface area contributed by atoms with E-state index < -0.39 is 0 Å². The fourth-order valence-corrected chi connectivity index (χ4v) is 3.78. The summed E-state index contributed by atoms with van der Waals surface area (Å²) in [5.41, 5.74) is 1.62. The molecule has 0 bridgehead atoms. The SMILES string of the molecule is COc1ccc(-c2nc(C3CC(=O)N(Cc4ccc(OC)c(OC)c4)C3)no2)c(OC)c1. The summed E-state index contributed by atoms with van der Waals surface area (Å²) in [6.07, 6.45) is 0.325. The molecule has 1 aromatic heterocycles. The highest BCUT2D eigenvalue weighted by Gasteiger charge is 2.34. The van der Waals surface area contributed by atoms with E-state index in [-0.39, 0.29) is 11.8 Å². The Morgan fingerprint density at radius 1 is 0.969 bits per heavy atom. The highest BCUT2D eigenvalue weighted by molar-refractivity contribution is 5.79. The Balaban J connectivity index is 1.49. The highest BCUT2D eigenvalue weighted by Crippen LogP contribution is 2.35. The van der Waals surface area contributed by atoms with Gasteiger partial charge in [0.1, 0.15) is 11.5 Å². The molecule has 2 heterocycles. The van der Waals surface area contributed by atoms with E-state index >= 15 is 0 Å². The van der Waals surface area contributed by atoms with Crippen LogP contribution in [0, 0.1) is 0 Å². The van der Waals surface area contributed by atoms with Crippen LogP contribution in [0.1, 0.15) is 23.7 Å². The highest BCUT2D eigenvalue weighted by atomic mass is 16.5. The number of methoxy groups -OCH3 is 4. The third-order valence-corrected chi connectivity index (χ3v) is 5.48. The molecule has 0 saturated carbocycles. The van der Waals surface area contributed by atoms with Gasteiger partial charge in [0, 0.05) is 31.5 Å². The van der Waals surface area contributed by atoms with E-state index in [1.807, 2.05) is 18.2 Å². The molecular formula is C23H25N3O6. The molecule has 0 radical (unpaired) electrons. The van der Waals surface area contributed by atoms with Crippen LogP contribution >= 0.6 is 0 Å². The molecule has 3 aromatic rings. The van der Waals surface area contributed by atoms with Crippen molar-refractivity contribution in [1.82, 2.24) is 15.0 Å². The van der Waals surface area contributed by atoms with Crippen LogP contribution in [0.15, 0.2) is 40.9 Å². The first kappa shape index (κ1) is 21.5. The van der Waals surface area contributed by atoms with Gasteiger partial charge in [0.2, 0.25) is 5.91 Å². The van der Waals surface area contributed by atoms with Crippen molar-refractivity contribution < 1.29 is 28.3 Å². The fourth-order valence-electron chi connectivity index (χ4n) is 3.78. The molecule has 0 aliphatic carbocycles. The first-order valence-corrected chi connectivity index (χ1v) is 10.1. The maximum absolute atomic E-state index is 12.6. The number of benzene rings is 2. The second kappa shape index (κ2) is 9.17. The first-order valence-electron chi connectivity index (χ1n) is 10.1. The van der Waals surface area contributed by atoms with E-state index in [1.54, 1.807) is 51.5 Å². The van der Waals surface area contributed by atoms with Crippen molar-refractivity contribution >= 4 is 5.91 Å². The van der Waals surface area contributed by atoms with E-state index in [4.69, 9.17) is 23.5 Å². The molecule has 1 fully saturated rings. The van der Waals surface area contributed by atoms with Gasteiger partial charge in [0.05, 0.1) is 34.0 Å². The van der Waals surface area contributed by atoms with E-state index in [0.717, 1.165) is 5.56 Å². The van der Waals surface area contributed by atoms with Crippen molar-refractivity contribution in [3.63, 3.8) is 0 Å². The Morgan fingerprint density at radius 3 is 2.47 bits per heavy atom. The molecule has 1 unspecified atom stereocenters. The number of likely N-dealkylation sites (tertiary alicyclic amines) is 1. The summed E-state index contributed by atoms with van der Waals surface area (Å²) in [5, 5.41) is 4.13. The topological polar surface area (TPSA) is 96.2 Å². The van der Waals surface area contributed by atoms with Gasteiger partial charge < -0.3 is 28.4 Å². The van der Waals surface area contributed by atoms with Gasteiger partial charge in [-0.2, -0.15) is 4.98 Å². The largest absolute Gasteiger partial charge is 0.497 e. The average molecular weight is 439 g/mol. The predicted octanol–water partition coefficient (Wildman–Crippen LogP) is 3.29. The molecule has 168 valence electrons. The normalized spacial score (nSPS) is 15.7. The summed E-state index contributed by atoms with van der Waals surface area (Å²) < 4.78 is 26.8. The third kappa shape index (κ3) is 4.18. The maximum Gasteiger partial charge on any atom is 0.261 e. The number of aromatic nitrogens is 2. The number of carbonyl (C=O) groups is 1. The second-order valence-electron chi connectivity index (χ2n) is 7.39. The number of ether oxygens (including phenoxy) is 4. The van der Waals surface area contributed by atoms with Gasteiger partial charge >= 0.3 is 0 Å². The number of carbonyl (C=O) groups excluding carboxylic acids is 1.